The number of piperidine rings is 1. The van der Waals surface area contributed by atoms with Crippen molar-refractivity contribution in [3.05, 3.63) is 24.0 Å². The normalized spacial score (nSPS) is 23.2. The van der Waals surface area contributed by atoms with Crippen LogP contribution in [0.15, 0.2) is 18.5 Å². The summed E-state index contributed by atoms with van der Waals surface area (Å²) in [5.74, 6) is 0.908. The zero-order chi connectivity index (χ0) is 13.8. The molecule has 1 amide bonds. The number of carbonyl (C=O) groups is 1. The van der Waals surface area contributed by atoms with Crippen LogP contribution >= 0.6 is 0 Å². The third-order valence-corrected chi connectivity index (χ3v) is 3.84. The number of hydrogen-bond acceptors (Lipinski definition) is 4. The molecular formula is C14H21N3O2. The number of methoxy groups -OCH3 is 1. The number of nitrogens with two attached hydrogens (primary N) is 1. The standard InChI is InChI=1S/C14H21N3O2/c1-3-10-9-17(7-5-12(10)15)14(18)11-4-6-16-8-13(11)19-2/h4,6,8,10,12H,3,5,7,9,15H2,1-2H3. The molecule has 2 heterocycles. The van der Waals surface area contributed by atoms with Crippen LogP contribution in [0.4, 0.5) is 0 Å². The smallest absolute Gasteiger partial charge is 0.257 e. The second-order valence-corrected chi connectivity index (χ2v) is 4.95. The second kappa shape index (κ2) is 6.02. The van der Waals surface area contributed by atoms with Gasteiger partial charge in [-0.25, -0.2) is 0 Å². The lowest BCUT2D eigenvalue weighted by Crippen LogP contribution is -2.49. The number of ether oxygens (including phenoxy) is 1. The Bertz CT molecular complexity index is 450. The van der Waals surface area contributed by atoms with Gasteiger partial charge in [0.2, 0.25) is 0 Å². The quantitative estimate of drug-likeness (QED) is 0.892. The summed E-state index contributed by atoms with van der Waals surface area (Å²) in [6, 6.07) is 1.91. The van der Waals surface area contributed by atoms with Gasteiger partial charge in [-0.05, 0) is 18.4 Å². The van der Waals surface area contributed by atoms with Crippen molar-refractivity contribution < 1.29 is 9.53 Å². The van der Waals surface area contributed by atoms with E-state index in [2.05, 4.69) is 11.9 Å². The first kappa shape index (κ1) is 13.8. The van der Waals surface area contributed by atoms with Crippen LogP contribution in [0.25, 0.3) is 0 Å². The van der Waals surface area contributed by atoms with Crippen LogP contribution in [-0.4, -0.2) is 42.0 Å². The summed E-state index contributed by atoms with van der Waals surface area (Å²) in [6.45, 7) is 3.55. The first-order valence-electron chi connectivity index (χ1n) is 6.70. The average molecular weight is 263 g/mol. The van der Waals surface area contributed by atoms with Gasteiger partial charge in [-0.15, -0.1) is 0 Å². The fourth-order valence-corrected chi connectivity index (χ4v) is 2.56. The summed E-state index contributed by atoms with van der Waals surface area (Å²) in [4.78, 5) is 18.4. The molecule has 5 nitrogen and oxygen atoms in total. The largest absolute Gasteiger partial charge is 0.494 e. The molecule has 0 aromatic carbocycles. The summed E-state index contributed by atoms with van der Waals surface area (Å²) in [5.41, 5.74) is 6.65. The highest BCUT2D eigenvalue weighted by Gasteiger charge is 2.29. The number of carbonyl (C=O) groups excluding carboxylic acids is 1. The Kier molecular flexibility index (Phi) is 4.37. The topological polar surface area (TPSA) is 68.5 Å². The molecular weight excluding hydrogens is 242 g/mol. The SMILES string of the molecule is CCC1CN(C(=O)c2ccncc2OC)CCC1N. The Labute approximate surface area is 113 Å². The number of nitrogens with zero attached hydrogens (tertiary/aromatic N) is 2. The molecule has 0 spiro atoms. The van der Waals surface area contributed by atoms with Crippen molar-refractivity contribution in [1.29, 1.82) is 0 Å². The molecule has 0 aliphatic carbocycles. The third-order valence-electron chi connectivity index (χ3n) is 3.84. The lowest BCUT2D eigenvalue weighted by atomic mass is 9.90. The van der Waals surface area contributed by atoms with Gasteiger partial charge >= 0.3 is 0 Å². The van der Waals surface area contributed by atoms with E-state index in [9.17, 15) is 4.79 Å². The minimum Gasteiger partial charge on any atom is -0.494 e. The molecule has 104 valence electrons. The van der Waals surface area contributed by atoms with Gasteiger partial charge in [0.05, 0.1) is 18.9 Å². The number of rotatable bonds is 3. The van der Waals surface area contributed by atoms with E-state index >= 15 is 0 Å². The molecule has 0 saturated carbocycles. The number of amides is 1. The molecule has 1 saturated heterocycles. The summed E-state index contributed by atoms with van der Waals surface area (Å²) < 4.78 is 5.20. The number of hydrogen-bond donors (Lipinski definition) is 1. The molecule has 19 heavy (non-hydrogen) atoms. The first-order chi connectivity index (χ1) is 9.17. The Morgan fingerprint density at radius 3 is 3.11 bits per heavy atom. The predicted octanol–water partition coefficient (Wildman–Crippen LogP) is 1.29. The fraction of sp³-hybridized carbons (Fsp3) is 0.571. The van der Waals surface area contributed by atoms with E-state index in [0.717, 1.165) is 19.4 Å². The van der Waals surface area contributed by atoms with Crippen molar-refractivity contribution >= 4 is 5.91 Å². The zero-order valence-electron chi connectivity index (χ0n) is 11.5. The molecule has 2 atom stereocenters. The second-order valence-electron chi connectivity index (χ2n) is 4.95. The van der Waals surface area contributed by atoms with Gasteiger partial charge in [0.25, 0.3) is 5.91 Å². The lowest BCUT2D eigenvalue weighted by molar-refractivity contribution is 0.0645. The van der Waals surface area contributed by atoms with Crippen LogP contribution in [0.5, 0.6) is 5.75 Å². The van der Waals surface area contributed by atoms with Crippen molar-refractivity contribution in [2.45, 2.75) is 25.8 Å². The average Bonchev–Trinajstić information content (AvgIpc) is 2.47. The number of likely N-dealkylation sites (tertiary alicyclic amines) is 1. The summed E-state index contributed by atoms with van der Waals surface area (Å²) in [7, 11) is 1.55. The van der Waals surface area contributed by atoms with Gasteiger partial charge in [0, 0.05) is 25.3 Å². The van der Waals surface area contributed by atoms with Crippen molar-refractivity contribution in [3.8, 4) is 5.75 Å². The molecule has 1 aromatic rings. The van der Waals surface area contributed by atoms with E-state index in [0.29, 0.717) is 23.8 Å². The first-order valence-corrected chi connectivity index (χ1v) is 6.70. The highest BCUT2D eigenvalue weighted by atomic mass is 16.5. The van der Waals surface area contributed by atoms with Crippen LogP contribution in [0.2, 0.25) is 0 Å². The number of aromatic nitrogens is 1. The van der Waals surface area contributed by atoms with E-state index < -0.39 is 0 Å². The van der Waals surface area contributed by atoms with Gasteiger partial charge in [0.1, 0.15) is 5.75 Å². The Morgan fingerprint density at radius 2 is 2.42 bits per heavy atom. The van der Waals surface area contributed by atoms with Crippen molar-refractivity contribution in [1.82, 2.24) is 9.88 Å². The van der Waals surface area contributed by atoms with Crippen LogP contribution in [0, 0.1) is 5.92 Å². The molecule has 1 aliphatic heterocycles. The van der Waals surface area contributed by atoms with E-state index in [1.165, 1.54) is 0 Å². The predicted molar refractivity (Wildman–Crippen MR) is 73.1 cm³/mol. The maximum Gasteiger partial charge on any atom is 0.257 e. The summed E-state index contributed by atoms with van der Waals surface area (Å²) in [5, 5.41) is 0. The zero-order valence-corrected chi connectivity index (χ0v) is 11.5. The van der Waals surface area contributed by atoms with E-state index in [1.54, 1.807) is 25.6 Å². The highest BCUT2D eigenvalue weighted by molar-refractivity contribution is 5.96. The molecule has 2 unspecified atom stereocenters. The van der Waals surface area contributed by atoms with Crippen molar-refractivity contribution in [3.63, 3.8) is 0 Å². The molecule has 1 aliphatic rings. The maximum atomic E-state index is 12.5. The molecule has 5 heteroatoms. The van der Waals surface area contributed by atoms with Crippen LogP contribution < -0.4 is 10.5 Å². The Balaban J connectivity index is 2.15. The maximum absolute atomic E-state index is 12.5. The molecule has 2 N–H and O–H groups in total. The van der Waals surface area contributed by atoms with Gasteiger partial charge < -0.3 is 15.4 Å². The van der Waals surface area contributed by atoms with Gasteiger partial charge in [-0.1, -0.05) is 13.3 Å². The summed E-state index contributed by atoms with van der Waals surface area (Å²) >= 11 is 0. The van der Waals surface area contributed by atoms with Crippen LogP contribution in [0.3, 0.4) is 0 Å². The third kappa shape index (κ3) is 2.87. The van der Waals surface area contributed by atoms with Crippen LogP contribution in [0.1, 0.15) is 30.1 Å². The van der Waals surface area contributed by atoms with Crippen molar-refractivity contribution in [2.24, 2.45) is 11.7 Å². The lowest BCUT2D eigenvalue weighted by Gasteiger charge is -2.36. The molecule has 2 rings (SSSR count). The fourth-order valence-electron chi connectivity index (χ4n) is 2.56. The van der Waals surface area contributed by atoms with E-state index in [4.69, 9.17) is 10.5 Å². The molecule has 0 bridgehead atoms. The van der Waals surface area contributed by atoms with Crippen LogP contribution in [-0.2, 0) is 0 Å². The Morgan fingerprint density at radius 1 is 1.63 bits per heavy atom. The molecule has 1 fully saturated rings. The van der Waals surface area contributed by atoms with Gasteiger partial charge in [0.15, 0.2) is 0 Å². The van der Waals surface area contributed by atoms with E-state index in [-0.39, 0.29) is 11.9 Å². The van der Waals surface area contributed by atoms with Crippen molar-refractivity contribution in [2.75, 3.05) is 20.2 Å². The Hall–Kier alpha value is -1.62. The molecule has 0 radical (unpaired) electrons. The number of pyridine rings is 1. The minimum atomic E-state index is 0.00426. The highest BCUT2D eigenvalue weighted by Crippen LogP contribution is 2.23. The van der Waals surface area contributed by atoms with Gasteiger partial charge in [-0.3, -0.25) is 9.78 Å². The summed E-state index contributed by atoms with van der Waals surface area (Å²) in [6.07, 6.45) is 5.04. The van der Waals surface area contributed by atoms with Gasteiger partial charge in [-0.2, -0.15) is 0 Å². The molecule has 1 aromatic heterocycles. The minimum absolute atomic E-state index is 0.00426. The monoisotopic (exact) mass is 263 g/mol. The van der Waals surface area contributed by atoms with E-state index in [1.807, 2.05) is 4.90 Å².